The number of carbonyl (C=O) groups excluding carboxylic acids is 4. The predicted molar refractivity (Wildman–Crippen MR) is 206 cm³/mol. The Balaban J connectivity index is 2.04. The third-order valence-electron chi connectivity index (χ3n) is 11.0. The lowest BCUT2D eigenvalue weighted by molar-refractivity contribution is -0.344. The number of nitrogens with zero attached hydrogens (tertiary/aromatic N) is 1. The molecule has 3 rings (SSSR count). The number of aldehydes is 1. The third kappa shape index (κ3) is 13.3. The molecule has 332 valence electrons. The van der Waals surface area contributed by atoms with Gasteiger partial charge in [0.15, 0.2) is 24.5 Å². The van der Waals surface area contributed by atoms with E-state index >= 15 is 0 Å². The van der Waals surface area contributed by atoms with Crippen LogP contribution >= 0.6 is 0 Å². The second-order valence-corrected chi connectivity index (χ2v) is 16.1. The SMILES string of the molecule is CCC(=O)O[C@@H]1CC(=O)O[C@H](C)C/C=C/C=C/C(O)(O)C(C)C[C@H](CC=O)[C@H](O[C@@H]2O[C@H](C)[C@@H](O[C@H]3C[C@@](C)(O)[C@@H](OC(=O)CC)[C@H](C)O3)[C@H](N(C)C)[C@H]2O)[C@H]1OC. The maximum absolute atomic E-state index is 13.3. The number of hydrogen-bond donors (Lipinski definition) is 4. The van der Waals surface area contributed by atoms with Gasteiger partial charge in [-0.25, -0.2) is 0 Å². The number of allylic oxidation sites excluding steroid dienone is 2. The molecule has 58 heavy (non-hydrogen) atoms. The van der Waals surface area contributed by atoms with Gasteiger partial charge >= 0.3 is 17.9 Å². The molecule has 0 amide bonds. The standard InChI is InChI=1S/C41H67NO16/c1-11-29(44)55-28-21-31(46)52-24(4)16-14-13-15-18-41(49,50)23(3)20-27(17-19-43)36(37(28)51-10)58-39-34(47)33(42(8)9)35(25(5)54-39)57-32-22-40(7,48)38(26(6)53-32)56-30(45)12-2/h13-15,18-19,23-28,32-39,47-50H,11-12,16-17,20-22H2,1-10H3/b14-13+,18-15+/t23?,24-,25-,26+,27+,28-,32+,33-,34-,35-,36+,37+,38+,39+,40-/m1/s1. The quantitative estimate of drug-likeness (QED) is 0.0956. The summed E-state index contributed by atoms with van der Waals surface area (Å²) in [5, 5.41) is 45.6. The highest BCUT2D eigenvalue weighted by Gasteiger charge is 2.53. The number of aliphatic hydroxyl groups excluding tert-OH is 1. The Morgan fingerprint density at radius 1 is 0.948 bits per heavy atom. The molecule has 3 aliphatic rings. The Hall–Kier alpha value is -2.84. The van der Waals surface area contributed by atoms with Crippen LogP contribution in [0.3, 0.4) is 0 Å². The summed E-state index contributed by atoms with van der Waals surface area (Å²) in [4.78, 5) is 52.3. The van der Waals surface area contributed by atoms with Crippen LogP contribution in [0.5, 0.6) is 0 Å². The molecule has 0 radical (unpaired) electrons. The van der Waals surface area contributed by atoms with Crippen molar-refractivity contribution in [2.75, 3.05) is 21.2 Å². The van der Waals surface area contributed by atoms with Gasteiger partial charge in [-0.05, 0) is 60.2 Å². The van der Waals surface area contributed by atoms with E-state index in [0.29, 0.717) is 12.7 Å². The second kappa shape index (κ2) is 22.1. The summed E-state index contributed by atoms with van der Waals surface area (Å²) in [6.07, 6.45) is -5.43. The molecule has 17 nitrogen and oxygen atoms in total. The molecular weight excluding hydrogens is 762 g/mol. The minimum Gasteiger partial charge on any atom is -0.462 e. The molecule has 17 heteroatoms. The molecule has 3 aliphatic heterocycles. The van der Waals surface area contributed by atoms with Crippen LogP contribution in [0.1, 0.15) is 93.4 Å². The van der Waals surface area contributed by atoms with Crippen molar-refractivity contribution in [1.29, 1.82) is 0 Å². The lowest BCUT2D eigenvalue weighted by Crippen LogP contribution is -2.66. The number of carbonyl (C=O) groups is 4. The Morgan fingerprint density at radius 3 is 2.19 bits per heavy atom. The molecular formula is C41H67NO16. The number of ether oxygens (including phenoxy) is 8. The van der Waals surface area contributed by atoms with Gasteiger partial charge in [0.2, 0.25) is 0 Å². The summed E-state index contributed by atoms with van der Waals surface area (Å²) in [6, 6.07) is -0.824. The predicted octanol–water partition coefficient (Wildman–Crippen LogP) is 2.09. The Labute approximate surface area is 341 Å². The minimum atomic E-state index is -2.33. The molecule has 0 bridgehead atoms. The summed E-state index contributed by atoms with van der Waals surface area (Å²) >= 11 is 0. The van der Waals surface area contributed by atoms with Crippen molar-refractivity contribution >= 4 is 24.2 Å². The monoisotopic (exact) mass is 829 g/mol. The Kier molecular flexibility index (Phi) is 18.9. The van der Waals surface area contributed by atoms with Gasteiger partial charge < -0.3 is 68.0 Å². The van der Waals surface area contributed by atoms with Crippen molar-refractivity contribution in [1.82, 2.24) is 4.90 Å². The molecule has 0 aromatic heterocycles. The van der Waals surface area contributed by atoms with Crippen LogP contribution in [0.15, 0.2) is 24.3 Å². The topological polar surface area (TPSA) is 226 Å². The number of methoxy groups -OCH3 is 1. The van der Waals surface area contributed by atoms with Gasteiger partial charge in [0.25, 0.3) is 0 Å². The van der Waals surface area contributed by atoms with Crippen molar-refractivity contribution in [2.24, 2.45) is 11.8 Å². The maximum atomic E-state index is 13.3. The zero-order valence-corrected chi connectivity index (χ0v) is 35.6. The summed E-state index contributed by atoms with van der Waals surface area (Å²) in [6.45, 7) is 11.4. The maximum Gasteiger partial charge on any atom is 0.309 e. The zero-order valence-electron chi connectivity index (χ0n) is 35.6. The van der Waals surface area contributed by atoms with Gasteiger partial charge in [-0.3, -0.25) is 14.4 Å². The number of esters is 3. The number of hydrogen-bond acceptors (Lipinski definition) is 17. The van der Waals surface area contributed by atoms with E-state index in [0.717, 1.165) is 0 Å². The van der Waals surface area contributed by atoms with Crippen LogP contribution in [0.2, 0.25) is 0 Å². The molecule has 0 aromatic carbocycles. The molecule has 4 N–H and O–H groups in total. The van der Waals surface area contributed by atoms with E-state index in [4.69, 9.17) is 37.9 Å². The van der Waals surface area contributed by atoms with Gasteiger partial charge in [-0.2, -0.15) is 0 Å². The van der Waals surface area contributed by atoms with Gasteiger partial charge in [-0.15, -0.1) is 0 Å². The first-order chi connectivity index (χ1) is 27.2. The van der Waals surface area contributed by atoms with Gasteiger partial charge in [0.05, 0.1) is 30.8 Å². The molecule has 2 fully saturated rings. The van der Waals surface area contributed by atoms with E-state index in [-0.39, 0.29) is 32.1 Å². The minimum absolute atomic E-state index is 0.0370. The second-order valence-electron chi connectivity index (χ2n) is 16.1. The molecule has 0 aliphatic carbocycles. The number of likely N-dealkylation sites (N-methyl/N-ethyl adjacent to an activating group) is 1. The van der Waals surface area contributed by atoms with Crippen LogP contribution in [0.4, 0.5) is 0 Å². The molecule has 1 unspecified atom stereocenters. The van der Waals surface area contributed by atoms with Crippen molar-refractivity contribution < 1.29 is 77.5 Å². The first-order valence-electron chi connectivity index (χ1n) is 20.2. The molecule has 3 heterocycles. The zero-order chi connectivity index (χ0) is 43.5. The van der Waals surface area contributed by atoms with E-state index in [2.05, 4.69) is 0 Å². The van der Waals surface area contributed by atoms with Crippen molar-refractivity contribution in [3.8, 4) is 0 Å². The summed E-state index contributed by atoms with van der Waals surface area (Å²) in [5.41, 5.74) is -1.51. The van der Waals surface area contributed by atoms with E-state index in [1.54, 1.807) is 72.7 Å². The Morgan fingerprint density at radius 2 is 1.60 bits per heavy atom. The van der Waals surface area contributed by atoms with Crippen LogP contribution in [0, 0.1) is 11.8 Å². The summed E-state index contributed by atoms with van der Waals surface area (Å²) in [7, 11) is 4.76. The number of aliphatic hydroxyl groups is 4. The molecule has 2 saturated heterocycles. The first-order valence-corrected chi connectivity index (χ1v) is 20.2. The van der Waals surface area contributed by atoms with Gasteiger partial charge in [0.1, 0.15) is 42.4 Å². The Bertz CT molecular complexity index is 1400. The fourth-order valence-electron chi connectivity index (χ4n) is 7.82. The lowest BCUT2D eigenvalue weighted by Gasteiger charge is -2.50. The average Bonchev–Trinajstić information content (AvgIpc) is 3.13. The van der Waals surface area contributed by atoms with Gasteiger partial charge in [-0.1, -0.05) is 39.0 Å². The highest BCUT2D eigenvalue weighted by Crippen LogP contribution is 2.38. The highest BCUT2D eigenvalue weighted by atomic mass is 16.7. The molecule has 0 spiro atoms. The fraction of sp³-hybridized carbons (Fsp3) is 0.805. The molecule has 15 atom stereocenters. The van der Waals surface area contributed by atoms with Crippen LogP contribution in [0.25, 0.3) is 0 Å². The first kappa shape index (κ1) is 49.5. The van der Waals surface area contributed by atoms with Crippen molar-refractivity contribution in [2.45, 2.75) is 178 Å². The normalized spacial score (nSPS) is 40.2. The summed E-state index contributed by atoms with van der Waals surface area (Å²) in [5.74, 6) is -5.94. The van der Waals surface area contributed by atoms with Crippen molar-refractivity contribution in [3.63, 3.8) is 0 Å². The van der Waals surface area contributed by atoms with Gasteiger partial charge in [0, 0.05) is 45.1 Å². The number of rotatable bonds is 12. The fourth-order valence-corrected chi connectivity index (χ4v) is 7.82. The largest absolute Gasteiger partial charge is 0.462 e. The summed E-state index contributed by atoms with van der Waals surface area (Å²) < 4.78 is 48.3. The average molecular weight is 830 g/mol. The van der Waals surface area contributed by atoms with Crippen LogP contribution in [-0.4, -0.2) is 156 Å². The van der Waals surface area contributed by atoms with E-state index in [9.17, 15) is 39.6 Å². The van der Waals surface area contributed by atoms with E-state index < -0.39 is 121 Å². The molecule has 0 saturated carbocycles. The van der Waals surface area contributed by atoms with Crippen LogP contribution in [-0.2, 0) is 57.1 Å². The van der Waals surface area contributed by atoms with E-state index in [1.165, 1.54) is 26.2 Å². The van der Waals surface area contributed by atoms with Crippen LogP contribution < -0.4 is 0 Å². The lowest BCUT2D eigenvalue weighted by atomic mass is 9.81. The molecule has 0 aromatic rings. The van der Waals surface area contributed by atoms with E-state index in [1.807, 2.05) is 0 Å². The van der Waals surface area contributed by atoms with Crippen molar-refractivity contribution in [3.05, 3.63) is 24.3 Å². The third-order valence-corrected chi connectivity index (χ3v) is 11.0. The highest BCUT2D eigenvalue weighted by molar-refractivity contribution is 5.72. The smallest absolute Gasteiger partial charge is 0.309 e. The number of cyclic esters (lactones) is 1.